The lowest BCUT2D eigenvalue weighted by molar-refractivity contribution is -0.138. The van der Waals surface area contributed by atoms with Crippen molar-refractivity contribution in [3.63, 3.8) is 0 Å². The van der Waals surface area contributed by atoms with Crippen LogP contribution in [0.3, 0.4) is 0 Å². The maximum absolute atomic E-state index is 11.7. The van der Waals surface area contributed by atoms with Crippen molar-refractivity contribution < 1.29 is 19.5 Å². The molecule has 1 aromatic carbocycles. The predicted molar refractivity (Wildman–Crippen MR) is 76.9 cm³/mol. The summed E-state index contributed by atoms with van der Waals surface area (Å²) >= 11 is 6.86. The summed E-state index contributed by atoms with van der Waals surface area (Å²) in [6.07, 6.45) is 0. The van der Waals surface area contributed by atoms with E-state index >= 15 is 0 Å². The number of nitrogens with one attached hydrogen (secondary N) is 1. The van der Waals surface area contributed by atoms with Gasteiger partial charge in [0, 0.05) is 5.75 Å². The van der Waals surface area contributed by atoms with Gasteiger partial charge in [0.1, 0.15) is 6.04 Å². The number of thioether (sulfide) groups is 1. The first-order valence-electron chi connectivity index (χ1n) is 5.56. The van der Waals surface area contributed by atoms with Gasteiger partial charge < -0.3 is 10.8 Å². The van der Waals surface area contributed by atoms with Gasteiger partial charge in [0.05, 0.1) is 16.3 Å². The second-order valence-corrected chi connectivity index (χ2v) is 5.25. The number of aliphatic carboxylic acids is 1. The minimum Gasteiger partial charge on any atom is -0.480 e. The summed E-state index contributed by atoms with van der Waals surface area (Å²) in [6, 6.07) is 5.31. The average Bonchev–Trinajstić information content (AvgIpc) is 2.38. The molecule has 0 spiro atoms. The lowest BCUT2D eigenvalue weighted by Crippen LogP contribution is -2.35. The Morgan fingerprint density at radius 1 is 1.35 bits per heavy atom. The van der Waals surface area contributed by atoms with Crippen LogP contribution in [0.5, 0.6) is 0 Å². The van der Waals surface area contributed by atoms with Gasteiger partial charge in [0.2, 0.25) is 5.91 Å². The summed E-state index contributed by atoms with van der Waals surface area (Å²) in [5.74, 6) is -2.23. The van der Waals surface area contributed by atoms with Crippen molar-refractivity contribution in [3.05, 3.63) is 34.9 Å². The molecule has 0 aromatic heterocycles. The number of hydrogen-bond donors (Lipinski definition) is 3. The lowest BCUT2D eigenvalue weighted by atomic mass is 10.2. The van der Waals surface area contributed by atoms with E-state index in [0.717, 1.165) is 11.8 Å². The molecule has 1 rings (SSSR count). The number of hydrogen-bond acceptors (Lipinski definition) is 5. The fraction of sp³-hybridized carbons (Fsp3) is 0.250. The molecular formula is C12H13ClN2O4S. The molecule has 8 heteroatoms. The van der Waals surface area contributed by atoms with Gasteiger partial charge in [-0.15, -0.1) is 11.8 Å². The van der Waals surface area contributed by atoms with Crippen molar-refractivity contribution >= 4 is 41.1 Å². The number of imide groups is 1. The molecule has 2 amide bonds. The summed E-state index contributed by atoms with van der Waals surface area (Å²) in [5.41, 5.74) is 5.48. The Labute approximate surface area is 124 Å². The first kappa shape index (κ1) is 16.5. The van der Waals surface area contributed by atoms with Gasteiger partial charge in [0.25, 0.3) is 5.91 Å². The molecule has 1 unspecified atom stereocenters. The Hall–Kier alpha value is -1.57. The van der Waals surface area contributed by atoms with Crippen LogP contribution in [0.1, 0.15) is 10.4 Å². The summed E-state index contributed by atoms with van der Waals surface area (Å²) in [6.45, 7) is 0. The van der Waals surface area contributed by atoms with Crippen LogP contribution in [-0.4, -0.2) is 40.4 Å². The van der Waals surface area contributed by atoms with Crippen LogP contribution < -0.4 is 11.1 Å². The van der Waals surface area contributed by atoms with Gasteiger partial charge in [0.15, 0.2) is 0 Å². The zero-order valence-corrected chi connectivity index (χ0v) is 11.9. The average molecular weight is 317 g/mol. The summed E-state index contributed by atoms with van der Waals surface area (Å²) in [7, 11) is 0. The third-order valence-electron chi connectivity index (χ3n) is 2.22. The van der Waals surface area contributed by atoms with E-state index in [0.29, 0.717) is 0 Å². The van der Waals surface area contributed by atoms with E-state index in [-0.39, 0.29) is 22.1 Å². The van der Waals surface area contributed by atoms with Crippen molar-refractivity contribution in [2.24, 2.45) is 5.73 Å². The normalized spacial score (nSPS) is 11.7. The second-order valence-electron chi connectivity index (χ2n) is 3.82. The topological polar surface area (TPSA) is 109 Å². The summed E-state index contributed by atoms with van der Waals surface area (Å²) in [4.78, 5) is 33.7. The highest BCUT2D eigenvalue weighted by Crippen LogP contribution is 2.14. The smallest absolute Gasteiger partial charge is 0.321 e. The molecule has 0 heterocycles. The third-order valence-corrected chi connectivity index (χ3v) is 3.61. The minimum absolute atomic E-state index is 0.0584. The van der Waals surface area contributed by atoms with E-state index < -0.39 is 23.8 Å². The minimum atomic E-state index is -1.13. The second kappa shape index (κ2) is 7.88. The lowest BCUT2D eigenvalue weighted by Gasteiger charge is -2.07. The highest BCUT2D eigenvalue weighted by atomic mass is 35.5. The number of carboxylic acid groups (broad SMARTS) is 1. The van der Waals surface area contributed by atoms with Crippen LogP contribution in [0.2, 0.25) is 5.02 Å². The standard InChI is InChI=1S/C12H13ClN2O4S/c13-8-4-2-1-3-7(8)11(17)15-10(16)6-20-5-9(14)12(18)19/h1-4,9H,5-6,14H2,(H,18,19)(H,15,16,17). The van der Waals surface area contributed by atoms with Gasteiger partial charge in [-0.05, 0) is 12.1 Å². The van der Waals surface area contributed by atoms with E-state index in [9.17, 15) is 14.4 Å². The Morgan fingerprint density at radius 3 is 2.60 bits per heavy atom. The van der Waals surface area contributed by atoms with Crippen molar-refractivity contribution in [2.75, 3.05) is 11.5 Å². The van der Waals surface area contributed by atoms with E-state index in [4.69, 9.17) is 22.4 Å². The molecule has 0 bridgehead atoms. The highest BCUT2D eigenvalue weighted by molar-refractivity contribution is 8.00. The molecule has 0 saturated heterocycles. The Balaban J connectivity index is 2.41. The number of amides is 2. The molecule has 0 aliphatic rings. The number of benzene rings is 1. The van der Waals surface area contributed by atoms with Crippen LogP contribution in [0.25, 0.3) is 0 Å². The van der Waals surface area contributed by atoms with Crippen LogP contribution in [0.15, 0.2) is 24.3 Å². The number of carboxylic acids is 1. The number of rotatable bonds is 6. The maximum atomic E-state index is 11.7. The molecule has 0 radical (unpaired) electrons. The van der Waals surface area contributed by atoms with Crippen LogP contribution >= 0.6 is 23.4 Å². The van der Waals surface area contributed by atoms with E-state index in [1.54, 1.807) is 18.2 Å². The van der Waals surface area contributed by atoms with Crippen LogP contribution in [0.4, 0.5) is 0 Å². The fourth-order valence-electron chi connectivity index (χ4n) is 1.23. The number of carbonyl (C=O) groups is 3. The number of carbonyl (C=O) groups excluding carboxylic acids is 2. The van der Waals surface area contributed by atoms with Crippen LogP contribution in [-0.2, 0) is 9.59 Å². The molecule has 0 fully saturated rings. The van der Waals surface area contributed by atoms with Crippen molar-refractivity contribution in [3.8, 4) is 0 Å². The molecule has 6 nitrogen and oxygen atoms in total. The third kappa shape index (κ3) is 5.20. The van der Waals surface area contributed by atoms with Crippen molar-refractivity contribution in [1.29, 1.82) is 0 Å². The van der Waals surface area contributed by atoms with E-state index in [1.165, 1.54) is 6.07 Å². The molecule has 1 atom stereocenters. The maximum Gasteiger partial charge on any atom is 0.321 e. The largest absolute Gasteiger partial charge is 0.480 e. The first-order valence-corrected chi connectivity index (χ1v) is 7.10. The first-order chi connectivity index (χ1) is 9.41. The number of halogens is 1. The van der Waals surface area contributed by atoms with Gasteiger partial charge in [-0.3, -0.25) is 19.7 Å². The monoisotopic (exact) mass is 316 g/mol. The van der Waals surface area contributed by atoms with Gasteiger partial charge in [-0.2, -0.15) is 0 Å². The van der Waals surface area contributed by atoms with E-state index in [1.807, 2.05) is 0 Å². The van der Waals surface area contributed by atoms with Crippen molar-refractivity contribution in [2.45, 2.75) is 6.04 Å². The fourth-order valence-corrected chi connectivity index (χ4v) is 2.22. The molecule has 0 saturated carbocycles. The summed E-state index contributed by atoms with van der Waals surface area (Å²) in [5, 5.41) is 11.0. The molecule has 0 aliphatic heterocycles. The Morgan fingerprint density at radius 2 is 2.00 bits per heavy atom. The Bertz CT molecular complexity index is 524. The van der Waals surface area contributed by atoms with E-state index in [2.05, 4.69) is 5.32 Å². The molecule has 1 aromatic rings. The molecule has 108 valence electrons. The van der Waals surface area contributed by atoms with Crippen LogP contribution in [0, 0.1) is 0 Å². The molecule has 0 aliphatic carbocycles. The quantitative estimate of drug-likeness (QED) is 0.714. The SMILES string of the molecule is NC(CSCC(=O)NC(=O)c1ccccc1Cl)C(=O)O. The van der Waals surface area contributed by atoms with Gasteiger partial charge >= 0.3 is 5.97 Å². The zero-order chi connectivity index (χ0) is 15.1. The molecule has 20 heavy (non-hydrogen) atoms. The summed E-state index contributed by atoms with van der Waals surface area (Å²) < 4.78 is 0. The molecular weight excluding hydrogens is 304 g/mol. The van der Waals surface area contributed by atoms with Gasteiger partial charge in [-0.1, -0.05) is 23.7 Å². The predicted octanol–water partition coefficient (Wildman–Crippen LogP) is 0.741. The number of nitrogens with two attached hydrogens (primary N) is 1. The Kier molecular flexibility index (Phi) is 6.50. The molecule has 4 N–H and O–H groups in total. The van der Waals surface area contributed by atoms with Gasteiger partial charge in [-0.25, -0.2) is 0 Å². The highest BCUT2D eigenvalue weighted by Gasteiger charge is 2.15. The zero-order valence-electron chi connectivity index (χ0n) is 10.3. The van der Waals surface area contributed by atoms with Crippen molar-refractivity contribution in [1.82, 2.24) is 5.32 Å².